The Morgan fingerprint density at radius 3 is 2.53 bits per heavy atom. The van der Waals surface area contributed by atoms with Crippen LogP contribution in [0.4, 0.5) is 9.59 Å². The lowest BCUT2D eigenvalue weighted by molar-refractivity contribution is 0.0527. The zero-order valence-corrected chi connectivity index (χ0v) is 18.7. The molecule has 0 radical (unpaired) electrons. The van der Waals surface area contributed by atoms with Crippen LogP contribution in [0.25, 0.3) is 10.7 Å². The summed E-state index contributed by atoms with van der Waals surface area (Å²) in [4.78, 5) is 43.1. The van der Waals surface area contributed by atoms with Gasteiger partial charge in [-0.15, -0.1) is 22.7 Å². The first kappa shape index (κ1) is 23.5. The summed E-state index contributed by atoms with van der Waals surface area (Å²) < 4.78 is 9.83. The van der Waals surface area contributed by atoms with Crippen LogP contribution in [0.2, 0.25) is 0 Å². The fourth-order valence-corrected chi connectivity index (χ4v) is 3.74. The summed E-state index contributed by atoms with van der Waals surface area (Å²) >= 11 is 2.74. The molecule has 0 saturated carbocycles. The van der Waals surface area contributed by atoms with E-state index in [4.69, 9.17) is 15.2 Å². The fraction of sp³-hybridized carbons (Fsp3) is 0.500. The molecule has 30 heavy (non-hydrogen) atoms. The third-order valence-electron chi connectivity index (χ3n) is 3.38. The first-order valence-corrected chi connectivity index (χ1v) is 11.0. The topological polar surface area (TPSA) is 146 Å². The van der Waals surface area contributed by atoms with Gasteiger partial charge in [-0.1, -0.05) is 0 Å². The number of amides is 3. The summed E-state index contributed by atoms with van der Waals surface area (Å²) in [5.41, 5.74) is 5.35. The highest BCUT2D eigenvalue weighted by Crippen LogP contribution is 2.25. The number of hydrogen-bond acceptors (Lipinski definition) is 9. The number of alkyl carbamates (subject to hydrolysis) is 1. The molecule has 0 fully saturated rings. The minimum atomic E-state index is -0.817. The van der Waals surface area contributed by atoms with Crippen LogP contribution in [-0.2, 0) is 15.9 Å². The zero-order valence-electron chi connectivity index (χ0n) is 17.0. The number of hydrogen-bond donors (Lipinski definition) is 3. The molecule has 10 nitrogen and oxygen atoms in total. The Labute approximate surface area is 182 Å². The van der Waals surface area contributed by atoms with Crippen molar-refractivity contribution in [3.05, 3.63) is 21.5 Å². The second-order valence-corrected chi connectivity index (χ2v) is 8.92. The van der Waals surface area contributed by atoms with Crippen molar-refractivity contribution in [2.75, 3.05) is 19.7 Å². The van der Waals surface area contributed by atoms with Crippen molar-refractivity contribution in [2.24, 2.45) is 5.73 Å². The number of ether oxygens (including phenoxy) is 2. The Morgan fingerprint density at radius 2 is 1.83 bits per heavy atom. The molecule has 0 aromatic carbocycles. The molecule has 0 saturated heterocycles. The molecule has 0 bridgehead atoms. The minimum Gasteiger partial charge on any atom is -0.449 e. The van der Waals surface area contributed by atoms with Gasteiger partial charge in [0.2, 0.25) is 0 Å². The molecule has 12 heteroatoms. The number of rotatable bonds is 9. The number of carbonyl (C=O) groups excluding carboxylic acids is 3. The SMILES string of the molecule is CC(C)(C)OC(=O)NCCCNC(=O)c1csc(-c2csc(CCOC(N)=O)n2)n1. The maximum absolute atomic E-state index is 12.2. The highest BCUT2D eigenvalue weighted by atomic mass is 32.1. The number of nitrogens with two attached hydrogens (primary N) is 1. The molecule has 0 aliphatic rings. The van der Waals surface area contributed by atoms with Crippen LogP contribution in [0.1, 0.15) is 42.7 Å². The van der Waals surface area contributed by atoms with Crippen LogP contribution in [0, 0.1) is 0 Å². The number of carbonyl (C=O) groups is 3. The Bertz CT molecular complexity index is 874. The molecular formula is C18H25N5O5S2. The predicted molar refractivity (Wildman–Crippen MR) is 114 cm³/mol. The third-order valence-corrected chi connectivity index (χ3v) is 5.15. The average Bonchev–Trinajstić information content (AvgIpc) is 3.28. The van der Waals surface area contributed by atoms with E-state index in [0.717, 1.165) is 5.01 Å². The zero-order chi connectivity index (χ0) is 22.1. The summed E-state index contributed by atoms with van der Waals surface area (Å²) in [5.74, 6) is -0.292. The Hall–Kier alpha value is -2.73. The summed E-state index contributed by atoms with van der Waals surface area (Å²) in [6.07, 6.45) is -0.279. The number of nitrogens with one attached hydrogen (secondary N) is 2. The van der Waals surface area contributed by atoms with Crippen LogP contribution in [0.3, 0.4) is 0 Å². The summed E-state index contributed by atoms with van der Waals surface area (Å²) in [5, 5.41) is 10.3. The molecule has 2 aromatic rings. The highest BCUT2D eigenvalue weighted by Gasteiger charge is 2.16. The maximum Gasteiger partial charge on any atom is 0.407 e. The highest BCUT2D eigenvalue weighted by molar-refractivity contribution is 7.14. The van der Waals surface area contributed by atoms with Gasteiger partial charge in [-0.3, -0.25) is 4.79 Å². The molecule has 164 valence electrons. The van der Waals surface area contributed by atoms with Gasteiger partial charge >= 0.3 is 12.2 Å². The summed E-state index contributed by atoms with van der Waals surface area (Å²) in [6.45, 7) is 6.32. The lowest BCUT2D eigenvalue weighted by Gasteiger charge is -2.19. The molecule has 0 aliphatic heterocycles. The molecule has 4 N–H and O–H groups in total. The van der Waals surface area contributed by atoms with Crippen LogP contribution < -0.4 is 16.4 Å². The van der Waals surface area contributed by atoms with Crippen molar-refractivity contribution in [3.8, 4) is 10.7 Å². The molecular weight excluding hydrogens is 430 g/mol. The van der Waals surface area contributed by atoms with Gasteiger partial charge in [-0.25, -0.2) is 19.6 Å². The second-order valence-electron chi connectivity index (χ2n) is 7.12. The van der Waals surface area contributed by atoms with E-state index >= 15 is 0 Å². The Kier molecular flexibility index (Phi) is 8.54. The first-order valence-electron chi connectivity index (χ1n) is 9.21. The van der Waals surface area contributed by atoms with Crippen LogP contribution in [0.5, 0.6) is 0 Å². The average molecular weight is 456 g/mol. The van der Waals surface area contributed by atoms with E-state index in [1.165, 1.54) is 22.7 Å². The van der Waals surface area contributed by atoms with Gasteiger partial charge in [0.25, 0.3) is 5.91 Å². The van der Waals surface area contributed by atoms with Crippen molar-refractivity contribution in [1.82, 2.24) is 20.6 Å². The quantitative estimate of drug-likeness (QED) is 0.493. The molecule has 0 spiro atoms. The standard InChI is InChI=1S/C18H25N5O5S2/c1-18(2,3)28-17(26)21-7-4-6-20-14(24)11-9-30-15(23-11)12-10-29-13(22-12)5-8-27-16(19)25/h9-10H,4-8H2,1-3H3,(H2,19,25)(H,20,24)(H,21,26). The number of aromatic nitrogens is 2. The lowest BCUT2D eigenvalue weighted by Crippen LogP contribution is -2.34. The largest absolute Gasteiger partial charge is 0.449 e. The van der Waals surface area contributed by atoms with E-state index in [2.05, 4.69) is 20.6 Å². The number of nitrogens with zero attached hydrogens (tertiary/aromatic N) is 2. The first-order chi connectivity index (χ1) is 14.1. The van der Waals surface area contributed by atoms with Gasteiger partial charge in [0.15, 0.2) is 0 Å². The molecule has 0 atom stereocenters. The van der Waals surface area contributed by atoms with E-state index in [1.807, 2.05) is 5.38 Å². The van der Waals surface area contributed by atoms with Crippen LogP contribution in [-0.4, -0.2) is 53.4 Å². The smallest absolute Gasteiger partial charge is 0.407 e. The predicted octanol–water partition coefficient (Wildman–Crippen LogP) is 2.55. The molecule has 0 unspecified atom stereocenters. The van der Waals surface area contributed by atoms with Gasteiger partial charge in [0.05, 0.1) is 11.6 Å². The van der Waals surface area contributed by atoms with Crippen molar-refractivity contribution < 1.29 is 23.9 Å². The van der Waals surface area contributed by atoms with E-state index in [9.17, 15) is 14.4 Å². The number of thiazole rings is 2. The Morgan fingerprint density at radius 1 is 1.10 bits per heavy atom. The third kappa shape index (κ3) is 8.33. The van der Waals surface area contributed by atoms with Crippen molar-refractivity contribution >= 4 is 40.8 Å². The lowest BCUT2D eigenvalue weighted by atomic mass is 10.2. The summed E-state index contributed by atoms with van der Waals surface area (Å²) in [6, 6.07) is 0. The van der Waals surface area contributed by atoms with Crippen LogP contribution in [0.15, 0.2) is 10.8 Å². The fourth-order valence-electron chi connectivity index (χ4n) is 2.14. The van der Waals surface area contributed by atoms with E-state index in [-0.39, 0.29) is 12.5 Å². The normalized spacial score (nSPS) is 11.0. The van der Waals surface area contributed by atoms with Crippen molar-refractivity contribution in [2.45, 2.75) is 39.2 Å². The van der Waals surface area contributed by atoms with Gasteiger partial charge in [-0.2, -0.15) is 0 Å². The Balaban J connectivity index is 1.74. The van der Waals surface area contributed by atoms with Gasteiger partial charge < -0.3 is 25.8 Å². The molecule has 2 rings (SSSR count). The minimum absolute atomic E-state index is 0.163. The molecule has 0 aliphatic carbocycles. The van der Waals surface area contributed by atoms with E-state index < -0.39 is 17.8 Å². The van der Waals surface area contributed by atoms with Crippen molar-refractivity contribution in [1.29, 1.82) is 0 Å². The van der Waals surface area contributed by atoms with Gasteiger partial charge in [0, 0.05) is 30.3 Å². The maximum atomic E-state index is 12.2. The molecule has 2 aromatic heterocycles. The van der Waals surface area contributed by atoms with Crippen LogP contribution >= 0.6 is 22.7 Å². The molecule has 2 heterocycles. The van der Waals surface area contributed by atoms with E-state index in [1.54, 1.807) is 26.2 Å². The molecule has 3 amide bonds. The van der Waals surface area contributed by atoms with Gasteiger partial charge in [0.1, 0.15) is 22.0 Å². The summed E-state index contributed by atoms with van der Waals surface area (Å²) in [7, 11) is 0. The number of primary amides is 1. The monoisotopic (exact) mass is 455 g/mol. The van der Waals surface area contributed by atoms with E-state index in [0.29, 0.717) is 42.3 Å². The second kappa shape index (κ2) is 10.9. The van der Waals surface area contributed by atoms with Gasteiger partial charge in [-0.05, 0) is 27.2 Å². The van der Waals surface area contributed by atoms with Crippen molar-refractivity contribution in [3.63, 3.8) is 0 Å².